The molecule has 2 aromatic rings. The number of hydrogen-bond acceptors (Lipinski definition) is 4. The van der Waals surface area contributed by atoms with Crippen LogP contribution in [0.15, 0.2) is 30.5 Å². The summed E-state index contributed by atoms with van der Waals surface area (Å²) in [5.74, 6) is -0.00618. The highest BCUT2D eigenvalue weighted by Gasteiger charge is 2.15. The van der Waals surface area contributed by atoms with Crippen LogP contribution in [0.4, 0.5) is 0 Å². The van der Waals surface area contributed by atoms with Gasteiger partial charge in [0.05, 0.1) is 11.9 Å². The average molecular weight is 336 g/mol. The lowest BCUT2D eigenvalue weighted by Gasteiger charge is -2.13. The smallest absolute Gasteiger partial charge is 0.216 e. The number of nitrogens with zero attached hydrogens (tertiary/aromatic N) is 1. The first-order valence-electron chi connectivity index (χ1n) is 7.64. The van der Waals surface area contributed by atoms with Crippen LogP contribution in [-0.4, -0.2) is 24.7 Å². The number of rotatable bonds is 8. The maximum atomic E-state index is 12.1. The van der Waals surface area contributed by atoms with Gasteiger partial charge in [0.1, 0.15) is 0 Å². The van der Waals surface area contributed by atoms with Crippen molar-refractivity contribution in [3.63, 3.8) is 0 Å². The quantitative estimate of drug-likeness (QED) is 0.686. The molecule has 23 heavy (non-hydrogen) atoms. The zero-order valence-corrected chi connectivity index (χ0v) is 14.6. The van der Waals surface area contributed by atoms with E-state index >= 15 is 0 Å². The van der Waals surface area contributed by atoms with E-state index in [4.69, 9.17) is 0 Å². The van der Waals surface area contributed by atoms with Crippen LogP contribution in [0.1, 0.15) is 36.2 Å². The lowest BCUT2D eigenvalue weighted by molar-refractivity contribution is 0.568. The van der Waals surface area contributed by atoms with Gasteiger partial charge in [0, 0.05) is 30.4 Å². The summed E-state index contributed by atoms with van der Waals surface area (Å²) in [7, 11) is -3.32. The second-order valence-corrected chi connectivity index (χ2v) is 7.68. The number of sulfonamides is 1. The van der Waals surface area contributed by atoms with Crippen molar-refractivity contribution in [2.24, 2.45) is 0 Å². The van der Waals surface area contributed by atoms with Gasteiger partial charge in [0.25, 0.3) is 0 Å². The van der Waals surface area contributed by atoms with Crippen LogP contribution in [0.5, 0.6) is 0 Å². The molecule has 1 aromatic heterocycles. The van der Waals surface area contributed by atoms with Crippen LogP contribution in [0.3, 0.4) is 0 Å². The Labute approximate surface area is 137 Å². The summed E-state index contributed by atoms with van der Waals surface area (Å²) in [5.41, 5.74) is 3.95. The Bertz CT molecular complexity index is 738. The minimum Gasteiger partial charge on any atom is -0.308 e. The molecule has 0 fully saturated rings. The fourth-order valence-corrected chi connectivity index (χ4v) is 3.85. The molecule has 0 unspecified atom stereocenters. The summed E-state index contributed by atoms with van der Waals surface area (Å²) in [4.78, 5) is 0. The van der Waals surface area contributed by atoms with E-state index < -0.39 is 10.0 Å². The van der Waals surface area contributed by atoms with E-state index in [2.05, 4.69) is 20.2 Å². The molecule has 0 saturated carbocycles. The summed E-state index contributed by atoms with van der Waals surface area (Å²) >= 11 is 0. The first-order valence-corrected chi connectivity index (χ1v) is 9.29. The molecule has 126 valence electrons. The molecule has 0 saturated heterocycles. The van der Waals surface area contributed by atoms with Crippen LogP contribution < -0.4 is 10.0 Å². The van der Waals surface area contributed by atoms with Crippen molar-refractivity contribution in [1.29, 1.82) is 0 Å². The van der Waals surface area contributed by atoms with Crippen molar-refractivity contribution in [3.8, 4) is 0 Å². The zero-order chi connectivity index (χ0) is 16.9. The third-order valence-corrected chi connectivity index (χ3v) is 4.97. The molecule has 1 heterocycles. The molecule has 0 amide bonds. The Morgan fingerprint density at radius 1 is 1.13 bits per heavy atom. The van der Waals surface area contributed by atoms with Crippen molar-refractivity contribution in [2.45, 2.75) is 45.7 Å². The van der Waals surface area contributed by atoms with E-state index in [1.807, 2.05) is 45.0 Å². The lowest BCUT2D eigenvalue weighted by Crippen LogP contribution is -2.31. The zero-order valence-electron chi connectivity index (χ0n) is 13.8. The molecule has 2 rings (SSSR count). The molecule has 7 heteroatoms. The van der Waals surface area contributed by atoms with Crippen LogP contribution in [0, 0.1) is 6.92 Å². The first-order chi connectivity index (χ1) is 10.9. The van der Waals surface area contributed by atoms with Crippen molar-refractivity contribution < 1.29 is 8.42 Å². The van der Waals surface area contributed by atoms with Crippen molar-refractivity contribution in [3.05, 3.63) is 52.8 Å². The summed E-state index contributed by atoms with van der Waals surface area (Å²) in [6.45, 7) is 6.91. The minimum absolute atomic E-state index is 0.00618. The predicted octanol–water partition coefficient (Wildman–Crippen LogP) is 1.84. The van der Waals surface area contributed by atoms with Gasteiger partial charge in [-0.25, -0.2) is 13.1 Å². The van der Waals surface area contributed by atoms with Gasteiger partial charge in [0.2, 0.25) is 10.0 Å². The number of hydrogen-bond donors (Lipinski definition) is 3. The van der Waals surface area contributed by atoms with Gasteiger partial charge < -0.3 is 5.32 Å². The van der Waals surface area contributed by atoms with E-state index in [0.717, 1.165) is 22.4 Å². The summed E-state index contributed by atoms with van der Waals surface area (Å²) in [5, 5.41) is 10.2. The second kappa shape index (κ2) is 7.72. The van der Waals surface area contributed by atoms with E-state index in [1.165, 1.54) is 0 Å². The van der Waals surface area contributed by atoms with Crippen LogP contribution in [0.25, 0.3) is 0 Å². The van der Waals surface area contributed by atoms with E-state index in [9.17, 15) is 8.42 Å². The SMILES string of the molecule is Cc1[nH]ncc1CNCc1ccccc1CS(=O)(=O)NC(C)C. The van der Waals surface area contributed by atoms with Crippen LogP contribution >= 0.6 is 0 Å². The molecule has 0 spiro atoms. The average Bonchev–Trinajstić information content (AvgIpc) is 2.84. The fraction of sp³-hybridized carbons (Fsp3) is 0.438. The molecule has 0 aliphatic rings. The van der Waals surface area contributed by atoms with Gasteiger partial charge in [-0.05, 0) is 31.9 Å². The molecule has 0 aliphatic heterocycles. The highest BCUT2D eigenvalue weighted by Crippen LogP contribution is 2.13. The first kappa shape index (κ1) is 17.7. The number of nitrogens with one attached hydrogen (secondary N) is 3. The van der Waals surface area contributed by atoms with Gasteiger partial charge in [-0.3, -0.25) is 5.10 Å². The van der Waals surface area contributed by atoms with Crippen molar-refractivity contribution in [2.75, 3.05) is 0 Å². The Kier molecular flexibility index (Phi) is 5.92. The standard InChI is InChI=1S/C16H24N4O2S/c1-12(2)20-23(21,22)11-15-7-5-4-6-14(15)8-17-9-16-10-18-19-13(16)3/h4-7,10,12,17,20H,8-9,11H2,1-3H3,(H,18,19). The van der Waals surface area contributed by atoms with E-state index in [0.29, 0.717) is 13.1 Å². The maximum Gasteiger partial charge on any atom is 0.216 e. The van der Waals surface area contributed by atoms with Gasteiger partial charge in [-0.15, -0.1) is 0 Å². The van der Waals surface area contributed by atoms with E-state index in [1.54, 1.807) is 6.20 Å². The molecule has 3 N–H and O–H groups in total. The lowest BCUT2D eigenvalue weighted by atomic mass is 10.1. The number of benzene rings is 1. The monoisotopic (exact) mass is 336 g/mol. The number of aromatic nitrogens is 2. The summed E-state index contributed by atoms with van der Waals surface area (Å²) in [6, 6.07) is 7.50. The molecule has 0 radical (unpaired) electrons. The predicted molar refractivity (Wildman–Crippen MR) is 91.2 cm³/mol. The Balaban J connectivity index is 2.01. The minimum atomic E-state index is -3.32. The molecule has 0 bridgehead atoms. The largest absolute Gasteiger partial charge is 0.308 e. The fourth-order valence-electron chi connectivity index (χ4n) is 2.36. The van der Waals surface area contributed by atoms with Crippen molar-refractivity contribution in [1.82, 2.24) is 20.2 Å². The van der Waals surface area contributed by atoms with Gasteiger partial charge in [-0.1, -0.05) is 24.3 Å². The van der Waals surface area contributed by atoms with Gasteiger partial charge >= 0.3 is 0 Å². The Hall–Kier alpha value is -1.70. The molecule has 0 aliphatic carbocycles. The van der Waals surface area contributed by atoms with Crippen LogP contribution in [0.2, 0.25) is 0 Å². The topological polar surface area (TPSA) is 86.9 Å². The Morgan fingerprint density at radius 2 is 1.78 bits per heavy atom. The van der Waals surface area contributed by atoms with E-state index in [-0.39, 0.29) is 11.8 Å². The molecule has 6 nitrogen and oxygen atoms in total. The maximum absolute atomic E-state index is 12.1. The molecule has 0 atom stereocenters. The summed E-state index contributed by atoms with van der Waals surface area (Å²) < 4.78 is 26.9. The Morgan fingerprint density at radius 3 is 2.39 bits per heavy atom. The van der Waals surface area contributed by atoms with Gasteiger partial charge in [-0.2, -0.15) is 5.10 Å². The highest BCUT2D eigenvalue weighted by molar-refractivity contribution is 7.88. The summed E-state index contributed by atoms with van der Waals surface area (Å²) in [6.07, 6.45) is 1.80. The molecule has 1 aromatic carbocycles. The van der Waals surface area contributed by atoms with Crippen molar-refractivity contribution >= 4 is 10.0 Å². The molecular weight excluding hydrogens is 312 g/mol. The highest BCUT2D eigenvalue weighted by atomic mass is 32.2. The third-order valence-electron chi connectivity index (χ3n) is 3.44. The number of H-pyrrole nitrogens is 1. The second-order valence-electron chi connectivity index (χ2n) is 5.92. The van der Waals surface area contributed by atoms with Crippen LogP contribution in [-0.2, 0) is 28.9 Å². The third kappa shape index (κ3) is 5.46. The molecular formula is C16H24N4O2S. The normalized spacial score (nSPS) is 12.0. The number of aryl methyl sites for hydroxylation is 1. The van der Waals surface area contributed by atoms with Gasteiger partial charge in [0.15, 0.2) is 0 Å². The number of aromatic amines is 1.